The first-order valence-electron chi connectivity index (χ1n) is 6.26. The number of nitrogens with two attached hydrogens (primary N) is 1. The van der Waals surface area contributed by atoms with Gasteiger partial charge in [-0.15, -0.1) is 0 Å². The average Bonchev–Trinajstić information content (AvgIpc) is 2.28. The van der Waals surface area contributed by atoms with Gasteiger partial charge in [-0.2, -0.15) is 0 Å². The van der Waals surface area contributed by atoms with Gasteiger partial charge in [0.05, 0.1) is 33.0 Å². The second kappa shape index (κ2) is 10.9. The van der Waals surface area contributed by atoms with Crippen molar-refractivity contribution in [1.82, 2.24) is 0 Å². The zero-order chi connectivity index (χ0) is 13.0. The van der Waals surface area contributed by atoms with E-state index in [0.717, 1.165) is 13.0 Å². The molecule has 0 fully saturated rings. The maximum Gasteiger partial charge on any atom is 0.162 e. The quantitative estimate of drug-likeness (QED) is 0.415. The highest BCUT2D eigenvalue weighted by molar-refractivity contribution is 4.53. The van der Waals surface area contributed by atoms with Crippen LogP contribution in [-0.4, -0.2) is 52.0 Å². The lowest BCUT2D eigenvalue weighted by molar-refractivity contribution is -0.223. The summed E-state index contributed by atoms with van der Waals surface area (Å²) in [5.41, 5.74) is 5.30. The molecule has 0 saturated heterocycles. The first-order valence-corrected chi connectivity index (χ1v) is 6.26. The fraction of sp³-hybridized carbons (Fsp3) is 1.00. The van der Waals surface area contributed by atoms with E-state index in [1.807, 2.05) is 13.8 Å². The summed E-state index contributed by atoms with van der Waals surface area (Å²) in [4.78, 5) is 0. The van der Waals surface area contributed by atoms with Crippen molar-refractivity contribution in [3.8, 4) is 0 Å². The zero-order valence-corrected chi connectivity index (χ0v) is 11.4. The van der Waals surface area contributed by atoms with Gasteiger partial charge in [-0.1, -0.05) is 6.92 Å². The number of rotatable bonds is 12. The second-order valence-corrected chi connectivity index (χ2v) is 4.11. The van der Waals surface area contributed by atoms with Crippen molar-refractivity contribution in [2.75, 3.05) is 46.2 Å². The third kappa shape index (κ3) is 12.1. The molecule has 0 amide bonds. The molecule has 0 rings (SSSR count). The van der Waals surface area contributed by atoms with E-state index in [1.54, 1.807) is 0 Å². The molecule has 0 unspecified atom stereocenters. The standard InChI is InChI=1S/C12H27NO4/c1-4-6-14-8-10-16-12(2,3)17-11-9-15-7-5-13/h4-11,13H2,1-3H3. The highest BCUT2D eigenvalue weighted by atomic mass is 16.7. The lowest BCUT2D eigenvalue weighted by atomic mass is 10.4. The lowest BCUT2D eigenvalue weighted by Crippen LogP contribution is -2.31. The largest absolute Gasteiger partial charge is 0.379 e. The van der Waals surface area contributed by atoms with Gasteiger partial charge >= 0.3 is 0 Å². The predicted octanol–water partition coefficient (Wildman–Crippen LogP) is 1.16. The Labute approximate surface area is 105 Å². The van der Waals surface area contributed by atoms with Gasteiger partial charge < -0.3 is 24.7 Å². The molecule has 0 atom stereocenters. The summed E-state index contributed by atoms with van der Waals surface area (Å²) in [6, 6.07) is 0. The van der Waals surface area contributed by atoms with Crippen LogP contribution in [0.4, 0.5) is 0 Å². The van der Waals surface area contributed by atoms with Crippen LogP contribution >= 0.6 is 0 Å². The molecule has 0 aromatic carbocycles. The molecule has 0 aromatic heterocycles. The molecule has 0 saturated carbocycles. The second-order valence-electron chi connectivity index (χ2n) is 4.11. The van der Waals surface area contributed by atoms with E-state index in [4.69, 9.17) is 24.7 Å². The molecule has 0 radical (unpaired) electrons. The topological polar surface area (TPSA) is 62.9 Å². The minimum Gasteiger partial charge on any atom is -0.379 e. The highest BCUT2D eigenvalue weighted by Crippen LogP contribution is 2.10. The SMILES string of the molecule is CCCOCCOC(C)(C)OCCOCCN. The van der Waals surface area contributed by atoms with E-state index < -0.39 is 5.79 Å². The van der Waals surface area contributed by atoms with Gasteiger partial charge in [0.25, 0.3) is 0 Å². The van der Waals surface area contributed by atoms with Gasteiger partial charge in [-0.3, -0.25) is 0 Å². The predicted molar refractivity (Wildman–Crippen MR) is 67.0 cm³/mol. The molecule has 0 spiro atoms. The minimum absolute atomic E-state index is 0.503. The molecule has 17 heavy (non-hydrogen) atoms. The van der Waals surface area contributed by atoms with Crippen molar-refractivity contribution >= 4 is 0 Å². The van der Waals surface area contributed by atoms with Gasteiger partial charge in [-0.05, 0) is 20.3 Å². The third-order valence-corrected chi connectivity index (χ3v) is 1.97. The molecular formula is C12H27NO4. The molecule has 0 aliphatic carbocycles. The van der Waals surface area contributed by atoms with Crippen LogP contribution in [0.3, 0.4) is 0 Å². The van der Waals surface area contributed by atoms with Gasteiger partial charge in [-0.25, -0.2) is 0 Å². The van der Waals surface area contributed by atoms with Crippen LogP contribution < -0.4 is 5.73 Å². The maximum absolute atomic E-state index is 5.56. The summed E-state index contributed by atoms with van der Waals surface area (Å²) in [6.07, 6.45) is 1.03. The Bertz CT molecular complexity index is 149. The Morgan fingerprint density at radius 1 is 0.824 bits per heavy atom. The summed E-state index contributed by atoms with van der Waals surface area (Å²) >= 11 is 0. The lowest BCUT2D eigenvalue weighted by Gasteiger charge is -2.25. The molecule has 0 aromatic rings. The van der Waals surface area contributed by atoms with Crippen LogP contribution in [0.25, 0.3) is 0 Å². The first-order chi connectivity index (χ1) is 8.12. The molecular weight excluding hydrogens is 222 g/mol. The van der Waals surface area contributed by atoms with Gasteiger partial charge in [0.15, 0.2) is 5.79 Å². The van der Waals surface area contributed by atoms with E-state index in [1.165, 1.54) is 0 Å². The fourth-order valence-electron chi connectivity index (χ4n) is 1.17. The third-order valence-electron chi connectivity index (χ3n) is 1.97. The van der Waals surface area contributed by atoms with Crippen molar-refractivity contribution in [3.63, 3.8) is 0 Å². The van der Waals surface area contributed by atoms with Crippen LogP contribution in [0, 0.1) is 0 Å². The van der Waals surface area contributed by atoms with E-state index in [2.05, 4.69) is 6.92 Å². The van der Waals surface area contributed by atoms with Crippen molar-refractivity contribution in [1.29, 1.82) is 0 Å². The van der Waals surface area contributed by atoms with E-state index >= 15 is 0 Å². The van der Waals surface area contributed by atoms with E-state index in [-0.39, 0.29) is 0 Å². The zero-order valence-electron chi connectivity index (χ0n) is 11.4. The first kappa shape index (κ1) is 16.8. The molecule has 104 valence electrons. The van der Waals surface area contributed by atoms with Crippen LogP contribution in [-0.2, 0) is 18.9 Å². The summed E-state index contributed by atoms with van der Waals surface area (Å²) < 4.78 is 21.6. The van der Waals surface area contributed by atoms with Crippen molar-refractivity contribution in [2.24, 2.45) is 5.73 Å². The number of hydrogen-bond donors (Lipinski definition) is 1. The maximum atomic E-state index is 5.56. The van der Waals surface area contributed by atoms with Crippen LogP contribution in [0.15, 0.2) is 0 Å². The molecule has 5 nitrogen and oxygen atoms in total. The Morgan fingerprint density at radius 2 is 1.35 bits per heavy atom. The Hall–Kier alpha value is -0.200. The van der Waals surface area contributed by atoms with Crippen LogP contribution in [0.2, 0.25) is 0 Å². The van der Waals surface area contributed by atoms with E-state index in [0.29, 0.717) is 39.6 Å². The summed E-state index contributed by atoms with van der Waals surface area (Å²) in [7, 11) is 0. The molecule has 2 N–H and O–H groups in total. The average molecular weight is 249 g/mol. The molecule has 0 bridgehead atoms. The molecule has 0 aliphatic rings. The summed E-state index contributed by atoms with van der Waals surface area (Å²) in [6.45, 7) is 9.91. The van der Waals surface area contributed by atoms with Gasteiger partial charge in [0, 0.05) is 13.2 Å². The summed E-state index contributed by atoms with van der Waals surface area (Å²) in [5.74, 6) is -0.596. The monoisotopic (exact) mass is 249 g/mol. The van der Waals surface area contributed by atoms with Crippen LogP contribution in [0.1, 0.15) is 27.2 Å². The van der Waals surface area contributed by atoms with Crippen molar-refractivity contribution in [3.05, 3.63) is 0 Å². The Balaban J connectivity index is 3.38. The van der Waals surface area contributed by atoms with Crippen molar-refractivity contribution < 1.29 is 18.9 Å². The Morgan fingerprint density at radius 3 is 1.82 bits per heavy atom. The van der Waals surface area contributed by atoms with Gasteiger partial charge in [0.1, 0.15) is 0 Å². The molecule has 5 heteroatoms. The van der Waals surface area contributed by atoms with Crippen LogP contribution in [0.5, 0.6) is 0 Å². The van der Waals surface area contributed by atoms with E-state index in [9.17, 15) is 0 Å². The highest BCUT2D eigenvalue weighted by Gasteiger charge is 2.18. The van der Waals surface area contributed by atoms with Gasteiger partial charge in [0.2, 0.25) is 0 Å². The summed E-state index contributed by atoms with van der Waals surface area (Å²) in [5, 5.41) is 0. The molecule has 0 heterocycles. The fourth-order valence-corrected chi connectivity index (χ4v) is 1.17. The minimum atomic E-state index is -0.596. The Kier molecular flexibility index (Phi) is 10.8. The van der Waals surface area contributed by atoms with Crippen molar-refractivity contribution in [2.45, 2.75) is 33.0 Å². The smallest absolute Gasteiger partial charge is 0.162 e. The normalized spacial score (nSPS) is 12.0. The number of hydrogen-bond acceptors (Lipinski definition) is 5. The molecule has 0 aliphatic heterocycles. The number of ether oxygens (including phenoxy) is 4.